The number of hydrogen-bond donors (Lipinski definition) is 1. The van der Waals surface area contributed by atoms with Crippen LogP contribution in [0, 0.1) is 0 Å². The third-order valence-corrected chi connectivity index (χ3v) is 6.84. The summed E-state index contributed by atoms with van der Waals surface area (Å²) in [6.45, 7) is 0.00246. The minimum Gasteiger partial charge on any atom is -0.452 e. The molecule has 0 saturated heterocycles. The van der Waals surface area contributed by atoms with Crippen molar-refractivity contribution in [3.05, 3.63) is 94.2 Å². The van der Waals surface area contributed by atoms with Crippen LogP contribution in [0.2, 0.25) is 0 Å². The molecule has 0 radical (unpaired) electrons. The first-order chi connectivity index (χ1) is 17.6. The highest BCUT2D eigenvalue weighted by atomic mass is 79.9. The Morgan fingerprint density at radius 3 is 2.72 bits per heavy atom. The van der Waals surface area contributed by atoms with Gasteiger partial charge in [0.25, 0.3) is 5.91 Å². The summed E-state index contributed by atoms with van der Waals surface area (Å²) < 4.78 is 8.81. The van der Waals surface area contributed by atoms with Gasteiger partial charge in [0.1, 0.15) is 11.3 Å². The summed E-state index contributed by atoms with van der Waals surface area (Å²) in [5, 5.41) is 8.29. The van der Waals surface area contributed by atoms with Crippen molar-refractivity contribution in [2.45, 2.75) is 6.42 Å². The fourth-order valence-corrected chi connectivity index (χ4v) is 4.94. The van der Waals surface area contributed by atoms with Gasteiger partial charge in [-0.1, -0.05) is 46.3 Å². The van der Waals surface area contributed by atoms with Gasteiger partial charge in [-0.25, -0.2) is 19.4 Å². The van der Waals surface area contributed by atoms with Crippen molar-refractivity contribution in [3.63, 3.8) is 0 Å². The zero-order chi connectivity index (χ0) is 24.9. The topological polar surface area (TPSA) is 99.0 Å². The van der Waals surface area contributed by atoms with Gasteiger partial charge >= 0.3 is 5.97 Å². The third kappa shape index (κ3) is 5.50. The number of esters is 1. The Morgan fingerprint density at radius 2 is 1.92 bits per heavy atom. The lowest BCUT2D eigenvalue weighted by atomic mass is 10.1. The first kappa shape index (κ1) is 23.8. The Kier molecular flexibility index (Phi) is 7.15. The summed E-state index contributed by atoms with van der Waals surface area (Å²) in [6, 6.07) is 20.8. The quantitative estimate of drug-likeness (QED) is 0.272. The van der Waals surface area contributed by atoms with Crippen LogP contribution in [-0.2, 0) is 16.0 Å². The van der Waals surface area contributed by atoms with Crippen molar-refractivity contribution in [2.75, 3.05) is 13.2 Å². The highest BCUT2D eigenvalue weighted by Gasteiger charge is 2.21. The molecule has 3 aromatic heterocycles. The molecule has 180 valence electrons. The monoisotopic (exact) mass is 561 g/mol. The molecule has 0 aliphatic carbocycles. The first-order valence-electron chi connectivity index (χ1n) is 11.1. The van der Waals surface area contributed by atoms with Gasteiger partial charge in [-0.3, -0.25) is 4.79 Å². The van der Waals surface area contributed by atoms with Crippen LogP contribution in [-0.4, -0.2) is 44.8 Å². The van der Waals surface area contributed by atoms with E-state index in [0.717, 1.165) is 25.3 Å². The molecule has 8 nitrogen and oxygen atoms in total. The number of para-hydroxylation sites is 1. The summed E-state index contributed by atoms with van der Waals surface area (Å²) in [4.78, 5) is 34.1. The number of rotatable bonds is 8. The molecule has 0 bridgehead atoms. The molecule has 0 aliphatic heterocycles. The number of carbonyl (C=O) groups excluding carboxylic acids is 2. The van der Waals surface area contributed by atoms with Crippen LogP contribution in [0.15, 0.2) is 83.6 Å². The number of benzene rings is 2. The Hall–Kier alpha value is -3.89. The second kappa shape index (κ2) is 10.8. The summed E-state index contributed by atoms with van der Waals surface area (Å²) >= 11 is 5.05. The van der Waals surface area contributed by atoms with E-state index in [9.17, 15) is 9.59 Å². The Labute approximate surface area is 219 Å². The van der Waals surface area contributed by atoms with E-state index in [0.29, 0.717) is 24.5 Å². The van der Waals surface area contributed by atoms with Crippen molar-refractivity contribution >= 4 is 49.4 Å². The highest BCUT2D eigenvalue weighted by molar-refractivity contribution is 9.10. The zero-order valence-electron chi connectivity index (χ0n) is 18.9. The first-order valence-corrected chi connectivity index (χ1v) is 12.7. The molecule has 0 atom stereocenters. The minimum atomic E-state index is -0.645. The maximum absolute atomic E-state index is 13.0. The van der Waals surface area contributed by atoms with Gasteiger partial charge in [0.2, 0.25) is 0 Å². The van der Waals surface area contributed by atoms with Crippen LogP contribution < -0.4 is 5.32 Å². The van der Waals surface area contributed by atoms with Crippen LogP contribution in [0.5, 0.6) is 0 Å². The molecule has 5 aromatic rings. The Bertz CT molecular complexity index is 1500. The smallest absolute Gasteiger partial charge is 0.342 e. The SMILES string of the molecule is O=C(COC(=O)c1cn(-c2ccccn2)nc1-c1cccc(Br)c1)NCCc1nc2ccccc2s1. The molecular weight excluding hydrogens is 542 g/mol. The van der Waals surface area contributed by atoms with Crippen molar-refractivity contribution in [3.8, 4) is 17.1 Å². The molecule has 2 aromatic carbocycles. The zero-order valence-corrected chi connectivity index (χ0v) is 21.3. The van der Waals surface area contributed by atoms with Gasteiger partial charge in [0.15, 0.2) is 12.4 Å². The van der Waals surface area contributed by atoms with E-state index in [4.69, 9.17) is 4.74 Å². The second-order valence-electron chi connectivity index (χ2n) is 7.79. The molecular formula is C26H20BrN5O3S. The lowest BCUT2D eigenvalue weighted by Gasteiger charge is -2.06. The molecule has 0 fully saturated rings. The average Bonchev–Trinajstić information content (AvgIpc) is 3.52. The number of carbonyl (C=O) groups is 2. The molecule has 0 aliphatic rings. The third-order valence-electron chi connectivity index (χ3n) is 5.25. The molecule has 0 saturated carbocycles. The van der Waals surface area contributed by atoms with Gasteiger partial charge in [-0.15, -0.1) is 11.3 Å². The van der Waals surface area contributed by atoms with E-state index in [2.05, 4.69) is 36.3 Å². The summed E-state index contributed by atoms with van der Waals surface area (Å²) in [5.41, 5.74) is 2.35. The fraction of sp³-hybridized carbons (Fsp3) is 0.115. The van der Waals surface area contributed by atoms with E-state index in [1.165, 1.54) is 4.68 Å². The molecule has 1 N–H and O–H groups in total. The van der Waals surface area contributed by atoms with Gasteiger partial charge in [-0.2, -0.15) is 5.10 Å². The molecule has 5 rings (SSSR count). The molecule has 3 heterocycles. The maximum Gasteiger partial charge on any atom is 0.342 e. The van der Waals surface area contributed by atoms with Gasteiger partial charge in [-0.05, 0) is 36.4 Å². The number of pyridine rings is 1. The molecule has 36 heavy (non-hydrogen) atoms. The number of hydrogen-bond acceptors (Lipinski definition) is 7. The van der Waals surface area contributed by atoms with E-state index >= 15 is 0 Å². The van der Waals surface area contributed by atoms with Crippen LogP contribution in [0.1, 0.15) is 15.4 Å². The second-order valence-corrected chi connectivity index (χ2v) is 9.82. The number of nitrogens with zero attached hydrogens (tertiary/aromatic N) is 4. The average molecular weight is 562 g/mol. The number of halogens is 1. The largest absolute Gasteiger partial charge is 0.452 e. The van der Waals surface area contributed by atoms with Crippen LogP contribution >= 0.6 is 27.3 Å². The number of ether oxygens (including phenoxy) is 1. The summed E-state index contributed by atoms with van der Waals surface area (Å²) in [6.07, 6.45) is 3.81. The number of amides is 1. The maximum atomic E-state index is 13.0. The van der Waals surface area contributed by atoms with E-state index in [-0.39, 0.29) is 11.5 Å². The Morgan fingerprint density at radius 1 is 1.06 bits per heavy atom. The van der Waals surface area contributed by atoms with Gasteiger partial charge in [0.05, 0.1) is 15.2 Å². The van der Waals surface area contributed by atoms with E-state index in [1.54, 1.807) is 35.9 Å². The summed E-state index contributed by atoms with van der Waals surface area (Å²) in [7, 11) is 0. The molecule has 0 unspecified atom stereocenters. The predicted octanol–water partition coefficient (Wildman–Crippen LogP) is 4.82. The fourth-order valence-electron chi connectivity index (χ4n) is 3.57. The minimum absolute atomic E-state index is 0.237. The number of fused-ring (bicyclic) bond motifs is 1. The van der Waals surface area contributed by atoms with E-state index in [1.807, 2.05) is 54.6 Å². The van der Waals surface area contributed by atoms with Crippen molar-refractivity contribution in [1.82, 2.24) is 25.1 Å². The van der Waals surface area contributed by atoms with Crippen molar-refractivity contribution in [1.29, 1.82) is 0 Å². The number of thiazole rings is 1. The van der Waals surface area contributed by atoms with Crippen LogP contribution in [0.4, 0.5) is 0 Å². The molecule has 0 spiro atoms. The van der Waals surface area contributed by atoms with E-state index < -0.39 is 12.6 Å². The van der Waals surface area contributed by atoms with Gasteiger partial charge in [0, 0.05) is 35.4 Å². The number of nitrogens with one attached hydrogen (secondary N) is 1. The molecule has 1 amide bonds. The van der Waals surface area contributed by atoms with Crippen LogP contribution in [0.25, 0.3) is 27.3 Å². The molecule has 10 heteroatoms. The Balaban J connectivity index is 1.24. The normalized spacial score (nSPS) is 10.9. The van der Waals surface area contributed by atoms with Crippen LogP contribution in [0.3, 0.4) is 0 Å². The number of aromatic nitrogens is 4. The van der Waals surface area contributed by atoms with Gasteiger partial charge < -0.3 is 10.1 Å². The van der Waals surface area contributed by atoms with Crippen molar-refractivity contribution < 1.29 is 14.3 Å². The summed E-state index contributed by atoms with van der Waals surface area (Å²) in [5.74, 6) is -0.473. The standard InChI is InChI=1S/C26H20BrN5O3S/c27-18-7-5-6-17(14-18)25-19(15-32(31-25)22-10-3-4-12-28-22)26(34)35-16-23(33)29-13-11-24-30-20-8-1-2-9-21(20)36-24/h1-10,12,14-15H,11,13,16H2,(H,29,33). The van der Waals surface area contributed by atoms with Crippen molar-refractivity contribution in [2.24, 2.45) is 0 Å². The lowest BCUT2D eigenvalue weighted by Crippen LogP contribution is -2.30. The predicted molar refractivity (Wildman–Crippen MR) is 141 cm³/mol. The highest BCUT2D eigenvalue weighted by Crippen LogP contribution is 2.26. The lowest BCUT2D eigenvalue weighted by molar-refractivity contribution is -0.124.